The van der Waals surface area contributed by atoms with Crippen LogP contribution in [0.15, 0.2) is 23.2 Å². The molecule has 0 bridgehead atoms. The lowest BCUT2D eigenvalue weighted by atomic mass is 10.1. The van der Waals surface area contributed by atoms with Crippen LogP contribution in [-0.4, -0.2) is 50.0 Å². The number of carbonyl (C=O) groups excluding carboxylic acids is 2. The molecule has 0 heterocycles. The Balaban J connectivity index is 2.33. The molecular formula is C17H25Cl2N5O2. The highest BCUT2D eigenvalue weighted by atomic mass is 35.5. The Morgan fingerprint density at radius 2 is 1.69 bits per heavy atom. The number of carbonyl (C=O) groups is 2. The highest BCUT2D eigenvalue weighted by Crippen LogP contribution is 2.22. The first-order valence-electron chi connectivity index (χ1n) is 8.11. The van der Waals surface area contributed by atoms with E-state index in [0.717, 1.165) is 0 Å². The number of rotatable bonds is 6. The van der Waals surface area contributed by atoms with Crippen LogP contribution in [-0.2, 0) is 4.79 Å². The Labute approximate surface area is 163 Å². The number of nitrogens with one attached hydrogen (secondary N) is 4. The van der Waals surface area contributed by atoms with Gasteiger partial charge in [-0.2, -0.15) is 0 Å². The third kappa shape index (κ3) is 8.40. The zero-order chi connectivity index (χ0) is 19.7. The molecule has 0 unspecified atom stereocenters. The van der Waals surface area contributed by atoms with Crippen molar-refractivity contribution in [3.63, 3.8) is 0 Å². The zero-order valence-electron chi connectivity index (χ0n) is 15.4. The minimum Gasteiger partial charge on any atom is -0.355 e. The van der Waals surface area contributed by atoms with Gasteiger partial charge in [-0.3, -0.25) is 14.6 Å². The van der Waals surface area contributed by atoms with Crippen molar-refractivity contribution >= 4 is 41.0 Å². The van der Waals surface area contributed by atoms with E-state index < -0.39 is 0 Å². The van der Waals surface area contributed by atoms with E-state index in [9.17, 15) is 9.59 Å². The van der Waals surface area contributed by atoms with Crippen LogP contribution in [0.5, 0.6) is 0 Å². The molecule has 7 nitrogen and oxygen atoms in total. The quantitative estimate of drug-likeness (QED) is 0.332. The summed E-state index contributed by atoms with van der Waals surface area (Å²) in [4.78, 5) is 27.8. The second-order valence-corrected chi connectivity index (χ2v) is 7.35. The van der Waals surface area contributed by atoms with Gasteiger partial charge in [0.1, 0.15) is 0 Å². The monoisotopic (exact) mass is 401 g/mol. The van der Waals surface area contributed by atoms with Gasteiger partial charge < -0.3 is 21.3 Å². The Kier molecular flexibility index (Phi) is 8.68. The van der Waals surface area contributed by atoms with Gasteiger partial charge in [0.2, 0.25) is 5.91 Å². The Morgan fingerprint density at radius 3 is 2.27 bits per heavy atom. The maximum atomic E-state index is 12.0. The molecule has 0 radical (unpaired) electrons. The number of guanidine groups is 1. The molecule has 26 heavy (non-hydrogen) atoms. The van der Waals surface area contributed by atoms with Crippen LogP contribution in [0, 0.1) is 0 Å². The van der Waals surface area contributed by atoms with Gasteiger partial charge in [-0.25, -0.2) is 0 Å². The van der Waals surface area contributed by atoms with E-state index in [-0.39, 0.29) is 23.9 Å². The van der Waals surface area contributed by atoms with E-state index in [1.807, 2.05) is 20.8 Å². The maximum Gasteiger partial charge on any atom is 0.251 e. The molecule has 1 rings (SSSR count). The van der Waals surface area contributed by atoms with Crippen molar-refractivity contribution in [3.8, 4) is 0 Å². The Bertz CT molecular complexity index is 672. The molecule has 0 aliphatic rings. The first kappa shape index (κ1) is 22.1. The summed E-state index contributed by atoms with van der Waals surface area (Å²) in [6, 6.07) is 4.69. The molecule has 2 amide bonds. The van der Waals surface area contributed by atoms with Crippen molar-refractivity contribution in [2.45, 2.75) is 26.3 Å². The van der Waals surface area contributed by atoms with Crippen LogP contribution in [0.4, 0.5) is 0 Å². The van der Waals surface area contributed by atoms with E-state index in [1.165, 1.54) is 6.07 Å². The summed E-state index contributed by atoms with van der Waals surface area (Å²) in [5.41, 5.74) is 0.144. The summed E-state index contributed by atoms with van der Waals surface area (Å²) in [6.07, 6.45) is 0. The highest BCUT2D eigenvalue weighted by molar-refractivity contribution is 6.42. The predicted octanol–water partition coefficient (Wildman–Crippen LogP) is 1.80. The lowest BCUT2D eigenvalue weighted by Crippen LogP contribution is -2.48. The van der Waals surface area contributed by atoms with E-state index in [0.29, 0.717) is 34.7 Å². The lowest BCUT2D eigenvalue weighted by Gasteiger charge is -2.21. The van der Waals surface area contributed by atoms with Gasteiger partial charge in [0.05, 0.1) is 16.6 Å². The average molecular weight is 402 g/mol. The summed E-state index contributed by atoms with van der Waals surface area (Å²) >= 11 is 11.7. The van der Waals surface area contributed by atoms with E-state index in [1.54, 1.807) is 19.2 Å². The second-order valence-electron chi connectivity index (χ2n) is 6.54. The minimum atomic E-state index is -0.287. The summed E-state index contributed by atoms with van der Waals surface area (Å²) in [7, 11) is 1.60. The van der Waals surface area contributed by atoms with Crippen LogP contribution in [0.1, 0.15) is 31.1 Å². The van der Waals surface area contributed by atoms with Crippen LogP contribution >= 0.6 is 23.2 Å². The topological polar surface area (TPSA) is 94.6 Å². The smallest absolute Gasteiger partial charge is 0.251 e. The van der Waals surface area contributed by atoms with Gasteiger partial charge in [-0.15, -0.1) is 0 Å². The number of hydrogen-bond acceptors (Lipinski definition) is 3. The highest BCUT2D eigenvalue weighted by Gasteiger charge is 2.13. The summed E-state index contributed by atoms with van der Waals surface area (Å²) in [6.45, 7) is 6.64. The second kappa shape index (κ2) is 10.2. The number of amides is 2. The molecule has 9 heteroatoms. The number of aliphatic imine (C=N–C) groups is 1. The van der Waals surface area contributed by atoms with E-state index >= 15 is 0 Å². The molecule has 0 spiro atoms. The third-order valence-electron chi connectivity index (χ3n) is 3.04. The molecule has 1 aromatic rings. The Morgan fingerprint density at radius 1 is 1.04 bits per heavy atom. The predicted molar refractivity (Wildman–Crippen MR) is 106 cm³/mol. The molecule has 0 atom stereocenters. The van der Waals surface area contributed by atoms with Gasteiger partial charge in [-0.1, -0.05) is 23.2 Å². The summed E-state index contributed by atoms with van der Waals surface area (Å²) in [5, 5.41) is 12.2. The standard InChI is InChI=1S/C17H25Cl2N5O2/c1-17(2,3)24-14(25)10-23-16(20-4)22-8-7-21-15(26)11-5-6-12(18)13(19)9-11/h5-6,9H,7-8,10H2,1-4H3,(H,21,26)(H,24,25)(H2,20,22,23). The molecule has 0 aliphatic heterocycles. The SMILES string of the molecule is CN=C(NCCNC(=O)c1ccc(Cl)c(Cl)c1)NCC(=O)NC(C)(C)C. The van der Waals surface area contributed by atoms with Crippen molar-refractivity contribution in [3.05, 3.63) is 33.8 Å². The van der Waals surface area contributed by atoms with Crippen LogP contribution in [0.25, 0.3) is 0 Å². The molecule has 1 aromatic carbocycles. The van der Waals surface area contributed by atoms with Crippen LogP contribution < -0.4 is 21.3 Å². The molecule has 4 N–H and O–H groups in total. The number of hydrogen-bond donors (Lipinski definition) is 4. The fraction of sp³-hybridized carbons (Fsp3) is 0.471. The largest absolute Gasteiger partial charge is 0.355 e. The van der Waals surface area contributed by atoms with Crippen molar-refractivity contribution in [1.29, 1.82) is 0 Å². The van der Waals surface area contributed by atoms with Crippen molar-refractivity contribution in [1.82, 2.24) is 21.3 Å². The van der Waals surface area contributed by atoms with Crippen molar-refractivity contribution in [2.75, 3.05) is 26.7 Å². The maximum absolute atomic E-state index is 12.0. The molecular weight excluding hydrogens is 377 g/mol. The molecule has 144 valence electrons. The summed E-state index contributed by atoms with van der Waals surface area (Å²) < 4.78 is 0. The third-order valence-corrected chi connectivity index (χ3v) is 3.78. The Hall–Kier alpha value is -1.99. The van der Waals surface area contributed by atoms with Gasteiger partial charge in [0, 0.05) is 31.2 Å². The molecule has 0 aromatic heterocycles. The first-order valence-corrected chi connectivity index (χ1v) is 8.87. The molecule has 0 aliphatic carbocycles. The zero-order valence-corrected chi connectivity index (χ0v) is 16.9. The van der Waals surface area contributed by atoms with E-state index in [4.69, 9.17) is 23.2 Å². The van der Waals surface area contributed by atoms with Gasteiger partial charge in [0.15, 0.2) is 5.96 Å². The number of halogens is 2. The number of nitrogens with zero attached hydrogens (tertiary/aromatic N) is 1. The average Bonchev–Trinajstić information content (AvgIpc) is 2.54. The van der Waals surface area contributed by atoms with Crippen molar-refractivity contribution < 1.29 is 9.59 Å². The minimum absolute atomic E-state index is 0.104. The van der Waals surface area contributed by atoms with Crippen LogP contribution in [0.3, 0.4) is 0 Å². The summed E-state index contributed by atoms with van der Waals surface area (Å²) in [5.74, 6) is 0.0871. The van der Waals surface area contributed by atoms with Gasteiger partial charge in [0.25, 0.3) is 5.91 Å². The molecule has 0 saturated heterocycles. The van der Waals surface area contributed by atoms with Crippen molar-refractivity contribution in [2.24, 2.45) is 4.99 Å². The fourth-order valence-corrected chi connectivity index (χ4v) is 2.24. The normalized spacial score (nSPS) is 11.7. The van der Waals surface area contributed by atoms with Gasteiger partial charge in [-0.05, 0) is 39.0 Å². The van der Waals surface area contributed by atoms with E-state index in [2.05, 4.69) is 26.3 Å². The lowest BCUT2D eigenvalue weighted by molar-refractivity contribution is -0.121. The fourth-order valence-electron chi connectivity index (χ4n) is 1.94. The van der Waals surface area contributed by atoms with Gasteiger partial charge >= 0.3 is 0 Å². The number of benzene rings is 1. The van der Waals surface area contributed by atoms with Crippen LogP contribution in [0.2, 0.25) is 10.0 Å². The molecule has 0 saturated carbocycles. The first-order chi connectivity index (χ1) is 12.1. The molecule has 0 fully saturated rings.